The summed E-state index contributed by atoms with van der Waals surface area (Å²) in [6, 6.07) is 7.00. The van der Waals surface area contributed by atoms with Gasteiger partial charge in [0.25, 0.3) is 0 Å². The lowest BCUT2D eigenvalue weighted by Crippen LogP contribution is -1.98. The Labute approximate surface area is 90.2 Å². The van der Waals surface area contributed by atoms with Gasteiger partial charge in [0.15, 0.2) is 6.26 Å². The Bertz CT molecular complexity index is 428. The minimum atomic E-state index is -1.40. The van der Waals surface area contributed by atoms with Crippen molar-refractivity contribution in [2.75, 3.05) is 0 Å². The van der Waals surface area contributed by atoms with Crippen LogP contribution in [0.2, 0.25) is 0 Å². The van der Waals surface area contributed by atoms with Crippen molar-refractivity contribution in [1.82, 2.24) is 0 Å². The topological polar surface area (TPSA) is 13.1 Å². The molecule has 1 aromatic carbocycles. The molecule has 67 valence electrons. The van der Waals surface area contributed by atoms with Crippen LogP contribution in [-0.2, 0) is 3.79 Å². The van der Waals surface area contributed by atoms with E-state index < -0.39 is 3.79 Å². The summed E-state index contributed by atoms with van der Waals surface area (Å²) in [5, 5.41) is 0.943. The van der Waals surface area contributed by atoms with Crippen LogP contribution in [0.3, 0.4) is 0 Å². The average molecular weight is 234 g/mol. The molecule has 0 aliphatic heterocycles. The third kappa shape index (κ3) is 1.78. The minimum absolute atomic E-state index is 0.591. The Morgan fingerprint density at radius 3 is 2.69 bits per heavy atom. The molecular formula is C9H4Cl3O. The molecule has 0 saturated carbocycles. The van der Waals surface area contributed by atoms with E-state index in [2.05, 4.69) is 6.26 Å². The summed E-state index contributed by atoms with van der Waals surface area (Å²) in [6.07, 6.45) is 2.61. The van der Waals surface area contributed by atoms with Crippen molar-refractivity contribution in [3.63, 3.8) is 0 Å². The van der Waals surface area contributed by atoms with Gasteiger partial charge in [0.2, 0.25) is 3.79 Å². The van der Waals surface area contributed by atoms with Crippen LogP contribution in [0.5, 0.6) is 0 Å². The standard InChI is InChI=1S/C9H4Cl3O/c10-9(11,12)7-2-1-6-3-4-13-8(6)5-7/h1-3,5H. The van der Waals surface area contributed by atoms with Gasteiger partial charge in [-0.25, -0.2) is 0 Å². The number of hydrogen-bond donors (Lipinski definition) is 0. The van der Waals surface area contributed by atoms with Gasteiger partial charge in [0.05, 0.1) is 0 Å². The fraction of sp³-hybridized carbons (Fsp3) is 0.111. The van der Waals surface area contributed by atoms with Crippen LogP contribution in [0, 0.1) is 6.26 Å². The van der Waals surface area contributed by atoms with Crippen LogP contribution in [0.25, 0.3) is 11.0 Å². The van der Waals surface area contributed by atoms with Crippen molar-refractivity contribution in [3.05, 3.63) is 36.1 Å². The number of furan rings is 1. The van der Waals surface area contributed by atoms with Gasteiger partial charge in [-0.15, -0.1) is 0 Å². The van der Waals surface area contributed by atoms with Gasteiger partial charge in [-0.05, 0) is 12.1 Å². The van der Waals surface area contributed by atoms with Crippen molar-refractivity contribution >= 4 is 45.8 Å². The first-order valence-corrected chi connectivity index (χ1v) is 4.67. The molecule has 13 heavy (non-hydrogen) atoms. The molecule has 2 aromatic rings. The smallest absolute Gasteiger partial charge is 0.216 e. The summed E-state index contributed by atoms with van der Waals surface area (Å²) >= 11 is 17.1. The number of fused-ring (bicyclic) bond motifs is 1. The number of alkyl halides is 3. The highest BCUT2D eigenvalue weighted by atomic mass is 35.6. The van der Waals surface area contributed by atoms with Gasteiger partial charge in [0, 0.05) is 10.9 Å². The molecule has 4 heteroatoms. The molecule has 0 aliphatic carbocycles. The van der Waals surface area contributed by atoms with Crippen LogP contribution < -0.4 is 0 Å². The maximum atomic E-state index is 5.70. The summed E-state index contributed by atoms with van der Waals surface area (Å²) in [4.78, 5) is 0. The first-order chi connectivity index (χ1) is 6.07. The van der Waals surface area contributed by atoms with E-state index in [0.29, 0.717) is 11.1 Å². The van der Waals surface area contributed by atoms with Gasteiger partial charge in [-0.2, -0.15) is 0 Å². The SMILES string of the molecule is ClC(Cl)(Cl)c1ccc2c[c]oc2c1. The first-order valence-electron chi connectivity index (χ1n) is 3.54. The maximum absolute atomic E-state index is 5.70. The number of hydrogen-bond acceptors (Lipinski definition) is 1. The normalized spacial score (nSPS) is 12.2. The lowest BCUT2D eigenvalue weighted by Gasteiger charge is -2.09. The molecule has 0 amide bonds. The summed E-state index contributed by atoms with van der Waals surface area (Å²) in [7, 11) is 0. The number of benzene rings is 1. The molecule has 2 rings (SSSR count). The molecule has 0 aliphatic rings. The van der Waals surface area contributed by atoms with Crippen molar-refractivity contribution < 1.29 is 4.42 Å². The van der Waals surface area contributed by atoms with E-state index in [4.69, 9.17) is 39.2 Å². The fourth-order valence-corrected chi connectivity index (χ4v) is 1.43. The highest BCUT2D eigenvalue weighted by molar-refractivity contribution is 6.66. The Morgan fingerprint density at radius 2 is 2.00 bits per heavy atom. The molecule has 1 aromatic heterocycles. The Balaban J connectivity index is 2.61. The molecular weight excluding hydrogens is 230 g/mol. The van der Waals surface area contributed by atoms with E-state index in [1.54, 1.807) is 18.2 Å². The highest BCUT2D eigenvalue weighted by Crippen LogP contribution is 2.39. The van der Waals surface area contributed by atoms with Gasteiger partial charge < -0.3 is 4.42 Å². The molecule has 0 unspecified atom stereocenters. The van der Waals surface area contributed by atoms with Crippen LogP contribution in [0.15, 0.2) is 28.7 Å². The van der Waals surface area contributed by atoms with Crippen molar-refractivity contribution in [2.24, 2.45) is 0 Å². The molecule has 0 saturated heterocycles. The van der Waals surface area contributed by atoms with Crippen LogP contribution in [-0.4, -0.2) is 0 Å². The molecule has 0 N–H and O–H groups in total. The molecule has 1 nitrogen and oxygen atoms in total. The van der Waals surface area contributed by atoms with Crippen molar-refractivity contribution in [3.8, 4) is 0 Å². The van der Waals surface area contributed by atoms with E-state index in [1.807, 2.05) is 6.07 Å². The molecule has 1 heterocycles. The first kappa shape index (κ1) is 9.20. The molecule has 0 fully saturated rings. The predicted molar refractivity (Wildman–Crippen MR) is 54.3 cm³/mol. The summed E-state index contributed by atoms with van der Waals surface area (Å²) < 4.78 is 3.65. The number of rotatable bonds is 0. The second-order valence-electron chi connectivity index (χ2n) is 2.61. The fourth-order valence-electron chi connectivity index (χ4n) is 1.07. The Kier molecular flexibility index (Phi) is 2.18. The van der Waals surface area contributed by atoms with E-state index in [-0.39, 0.29) is 0 Å². The van der Waals surface area contributed by atoms with Gasteiger partial charge in [-0.3, -0.25) is 0 Å². The van der Waals surface area contributed by atoms with Crippen molar-refractivity contribution in [1.29, 1.82) is 0 Å². The highest BCUT2D eigenvalue weighted by Gasteiger charge is 2.23. The summed E-state index contributed by atoms with van der Waals surface area (Å²) in [5.74, 6) is 0. The number of halogens is 3. The minimum Gasteiger partial charge on any atom is -0.453 e. The Hall–Kier alpha value is -0.370. The maximum Gasteiger partial charge on any atom is 0.216 e. The van der Waals surface area contributed by atoms with E-state index in [9.17, 15) is 0 Å². The second kappa shape index (κ2) is 3.09. The van der Waals surface area contributed by atoms with E-state index in [1.165, 1.54) is 0 Å². The van der Waals surface area contributed by atoms with Gasteiger partial charge >= 0.3 is 0 Å². The zero-order valence-electron chi connectivity index (χ0n) is 6.35. The summed E-state index contributed by atoms with van der Waals surface area (Å²) in [6.45, 7) is 0. The zero-order valence-corrected chi connectivity index (χ0v) is 8.62. The second-order valence-corrected chi connectivity index (χ2v) is 4.90. The van der Waals surface area contributed by atoms with Crippen LogP contribution >= 0.6 is 34.8 Å². The van der Waals surface area contributed by atoms with Gasteiger partial charge in [-0.1, -0.05) is 46.9 Å². The molecule has 0 spiro atoms. The zero-order chi connectivity index (χ0) is 9.47. The Morgan fingerprint density at radius 1 is 1.23 bits per heavy atom. The van der Waals surface area contributed by atoms with Gasteiger partial charge in [0.1, 0.15) is 5.58 Å². The van der Waals surface area contributed by atoms with E-state index in [0.717, 1.165) is 5.39 Å². The lowest BCUT2D eigenvalue weighted by molar-refractivity contribution is 0.605. The summed E-state index contributed by atoms with van der Waals surface area (Å²) in [5.41, 5.74) is 1.26. The average Bonchev–Trinajstić information content (AvgIpc) is 2.47. The van der Waals surface area contributed by atoms with Crippen LogP contribution in [0.1, 0.15) is 5.56 Å². The van der Waals surface area contributed by atoms with Crippen molar-refractivity contribution in [2.45, 2.75) is 3.79 Å². The molecule has 1 radical (unpaired) electrons. The van der Waals surface area contributed by atoms with E-state index >= 15 is 0 Å². The van der Waals surface area contributed by atoms with Crippen LogP contribution in [0.4, 0.5) is 0 Å². The quantitative estimate of drug-likeness (QED) is 0.627. The molecule has 0 bridgehead atoms. The largest absolute Gasteiger partial charge is 0.453 e. The lowest BCUT2D eigenvalue weighted by atomic mass is 10.2. The monoisotopic (exact) mass is 233 g/mol. The third-order valence-electron chi connectivity index (χ3n) is 1.72. The third-order valence-corrected chi connectivity index (χ3v) is 2.38. The predicted octanol–water partition coefficient (Wildman–Crippen LogP) is 4.06. The molecule has 0 atom stereocenters.